The van der Waals surface area contributed by atoms with Gasteiger partial charge in [0.1, 0.15) is 0 Å². The van der Waals surface area contributed by atoms with Crippen molar-refractivity contribution in [2.75, 3.05) is 32.7 Å². The third kappa shape index (κ3) is 3.63. The number of methoxy groups -OCH3 is 2. The van der Waals surface area contributed by atoms with Crippen LogP contribution in [-0.4, -0.2) is 56.0 Å². The molecule has 0 aromatic heterocycles. The molecule has 0 atom stereocenters. The van der Waals surface area contributed by atoms with Gasteiger partial charge in [0.2, 0.25) is 0 Å². The van der Waals surface area contributed by atoms with Crippen LogP contribution in [0.15, 0.2) is 42.5 Å². The van der Waals surface area contributed by atoms with Crippen LogP contribution >= 0.6 is 0 Å². The van der Waals surface area contributed by atoms with Gasteiger partial charge >= 0.3 is 5.97 Å². The zero-order valence-electron chi connectivity index (χ0n) is 15.4. The Morgan fingerprint density at radius 2 is 1.57 bits per heavy atom. The van der Waals surface area contributed by atoms with Crippen molar-refractivity contribution < 1.29 is 28.7 Å². The summed E-state index contributed by atoms with van der Waals surface area (Å²) in [4.78, 5) is 49.8. The molecule has 0 saturated carbocycles. The summed E-state index contributed by atoms with van der Waals surface area (Å²) in [5.74, 6) is -1.77. The van der Waals surface area contributed by atoms with Crippen LogP contribution in [0.3, 0.4) is 0 Å². The van der Waals surface area contributed by atoms with Gasteiger partial charge in [0.25, 0.3) is 17.7 Å². The molecule has 2 aromatic rings. The maximum atomic E-state index is 12.5. The van der Waals surface area contributed by atoms with E-state index in [1.165, 1.54) is 44.6 Å². The van der Waals surface area contributed by atoms with E-state index in [4.69, 9.17) is 4.74 Å². The molecule has 144 valence electrons. The van der Waals surface area contributed by atoms with E-state index in [1.807, 2.05) is 0 Å². The molecule has 0 radical (unpaired) electrons. The van der Waals surface area contributed by atoms with Crippen LogP contribution in [0.5, 0.6) is 0 Å². The average Bonchev–Trinajstić information content (AvgIpc) is 2.96. The third-order valence-corrected chi connectivity index (χ3v) is 4.32. The summed E-state index contributed by atoms with van der Waals surface area (Å²) in [6.45, 7) is 0.386. The first-order chi connectivity index (χ1) is 13.5. The minimum absolute atomic E-state index is 0.150. The molecule has 0 aliphatic carbocycles. The fourth-order valence-electron chi connectivity index (χ4n) is 2.83. The SMILES string of the molecule is COCCN1C(=O)c2ccc(C(=O)Nc3ccc(C(=O)OC)cc3)cc2C1=O. The molecule has 8 nitrogen and oxygen atoms in total. The summed E-state index contributed by atoms with van der Waals surface area (Å²) in [6, 6.07) is 10.6. The highest BCUT2D eigenvalue weighted by molar-refractivity contribution is 6.22. The normalized spacial score (nSPS) is 12.7. The number of rotatable bonds is 6. The molecule has 0 spiro atoms. The van der Waals surface area contributed by atoms with Gasteiger partial charge in [0, 0.05) is 18.4 Å². The molecule has 3 rings (SSSR count). The van der Waals surface area contributed by atoms with Gasteiger partial charge in [-0.25, -0.2) is 4.79 Å². The highest BCUT2D eigenvalue weighted by Crippen LogP contribution is 2.24. The van der Waals surface area contributed by atoms with Crippen LogP contribution in [-0.2, 0) is 9.47 Å². The van der Waals surface area contributed by atoms with Crippen molar-refractivity contribution in [2.24, 2.45) is 0 Å². The monoisotopic (exact) mass is 382 g/mol. The summed E-state index contributed by atoms with van der Waals surface area (Å²) in [7, 11) is 2.77. The van der Waals surface area contributed by atoms with E-state index in [9.17, 15) is 19.2 Å². The van der Waals surface area contributed by atoms with E-state index in [1.54, 1.807) is 12.1 Å². The van der Waals surface area contributed by atoms with E-state index in [2.05, 4.69) is 10.1 Å². The maximum Gasteiger partial charge on any atom is 0.337 e. The minimum atomic E-state index is -0.474. The summed E-state index contributed by atoms with van der Waals surface area (Å²) >= 11 is 0. The predicted octanol–water partition coefficient (Wildman–Crippen LogP) is 1.97. The largest absolute Gasteiger partial charge is 0.465 e. The van der Waals surface area contributed by atoms with Gasteiger partial charge in [0.15, 0.2) is 0 Å². The fraction of sp³-hybridized carbons (Fsp3) is 0.200. The summed E-state index contributed by atoms with van der Waals surface area (Å²) < 4.78 is 9.54. The Hall–Kier alpha value is -3.52. The van der Waals surface area contributed by atoms with E-state index in [-0.39, 0.29) is 29.8 Å². The van der Waals surface area contributed by atoms with E-state index >= 15 is 0 Å². The number of hydrogen-bond acceptors (Lipinski definition) is 6. The Morgan fingerprint density at radius 1 is 0.929 bits per heavy atom. The van der Waals surface area contributed by atoms with Crippen molar-refractivity contribution in [3.63, 3.8) is 0 Å². The molecule has 8 heteroatoms. The summed E-state index contributed by atoms with van der Waals surface area (Å²) in [6.07, 6.45) is 0. The number of carbonyl (C=O) groups is 4. The lowest BCUT2D eigenvalue weighted by Crippen LogP contribution is -2.32. The number of fused-ring (bicyclic) bond motifs is 1. The Kier molecular flexibility index (Phi) is 5.51. The Labute approximate surface area is 161 Å². The Bertz CT molecular complexity index is 952. The molecule has 0 unspecified atom stereocenters. The molecular weight excluding hydrogens is 364 g/mol. The molecule has 1 aliphatic rings. The van der Waals surface area contributed by atoms with Crippen molar-refractivity contribution >= 4 is 29.4 Å². The van der Waals surface area contributed by atoms with Gasteiger partial charge in [-0.3, -0.25) is 19.3 Å². The van der Waals surface area contributed by atoms with Crippen LogP contribution in [0.4, 0.5) is 5.69 Å². The summed E-state index contributed by atoms with van der Waals surface area (Å²) in [5.41, 5.74) is 1.53. The molecule has 2 aromatic carbocycles. The van der Waals surface area contributed by atoms with Crippen LogP contribution in [0.1, 0.15) is 41.4 Å². The van der Waals surface area contributed by atoms with Gasteiger partial charge in [-0.05, 0) is 42.5 Å². The second-order valence-electron chi connectivity index (χ2n) is 6.04. The number of ether oxygens (including phenoxy) is 2. The second kappa shape index (κ2) is 8.01. The molecule has 3 amide bonds. The summed E-state index contributed by atoms with van der Waals surface area (Å²) in [5, 5.41) is 2.68. The number of anilines is 1. The van der Waals surface area contributed by atoms with Crippen LogP contribution in [0.2, 0.25) is 0 Å². The molecule has 0 fully saturated rings. The Morgan fingerprint density at radius 3 is 2.21 bits per heavy atom. The first-order valence-electron chi connectivity index (χ1n) is 8.45. The topological polar surface area (TPSA) is 102 Å². The van der Waals surface area contributed by atoms with Crippen molar-refractivity contribution in [1.29, 1.82) is 0 Å². The number of imide groups is 1. The predicted molar refractivity (Wildman–Crippen MR) is 99.4 cm³/mol. The molecular formula is C20H18N2O6. The van der Waals surface area contributed by atoms with Gasteiger partial charge in [-0.2, -0.15) is 0 Å². The highest BCUT2D eigenvalue weighted by atomic mass is 16.5. The first kappa shape index (κ1) is 19.2. The highest BCUT2D eigenvalue weighted by Gasteiger charge is 2.35. The number of hydrogen-bond donors (Lipinski definition) is 1. The minimum Gasteiger partial charge on any atom is -0.465 e. The van der Waals surface area contributed by atoms with Crippen molar-refractivity contribution in [2.45, 2.75) is 0 Å². The number of amides is 3. The third-order valence-electron chi connectivity index (χ3n) is 4.32. The maximum absolute atomic E-state index is 12.5. The lowest BCUT2D eigenvalue weighted by Gasteiger charge is -2.12. The lowest BCUT2D eigenvalue weighted by molar-refractivity contribution is 0.0591. The number of nitrogens with one attached hydrogen (secondary N) is 1. The molecule has 0 saturated heterocycles. The molecule has 1 heterocycles. The zero-order chi connectivity index (χ0) is 20.3. The standard InChI is InChI=1S/C20H18N2O6/c1-27-10-9-22-18(24)15-8-5-13(11-16(15)19(22)25)17(23)21-14-6-3-12(4-7-14)20(26)28-2/h3-8,11H,9-10H2,1-2H3,(H,21,23). The molecule has 1 N–H and O–H groups in total. The average molecular weight is 382 g/mol. The first-order valence-corrected chi connectivity index (χ1v) is 8.45. The smallest absolute Gasteiger partial charge is 0.337 e. The van der Waals surface area contributed by atoms with Crippen molar-refractivity contribution in [3.8, 4) is 0 Å². The zero-order valence-corrected chi connectivity index (χ0v) is 15.4. The van der Waals surface area contributed by atoms with Gasteiger partial charge < -0.3 is 14.8 Å². The van der Waals surface area contributed by atoms with Gasteiger partial charge in [-0.1, -0.05) is 0 Å². The van der Waals surface area contributed by atoms with Crippen LogP contribution in [0, 0.1) is 0 Å². The number of benzene rings is 2. The number of nitrogens with zero attached hydrogens (tertiary/aromatic N) is 1. The lowest BCUT2D eigenvalue weighted by atomic mass is 10.1. The molecule has 1 aliphatic heterocycles. The Balaban J connectivity index is 1.76. The van der Waals surface area contributed by atoms with Crippen molar-refractivity contribution in [3.05, 3.63) is 64.7 Å². The van der Waals surface area contributed by atoms with E-state index in [0.717, 1.165) is 4.90 Å². The van der Waals surface area contributed by atoms with Crippen LogP contribution in [0.25, 0.3) is 0 Å². The van der Waals surface area contributed by atoms with E-state index < -0.39 is 23.7 Å². The van der Waals surface area contributed by atoms with E-state index in [0.29, 0.717) is 11.3 Å². The second-order valence-corrected chi connectivity index (χ2v) is 6.04. The van der Waals surface area contributed by atoms with Crippen molar-refractivity contribution in [1.82, 2.24) is 4.90 Å². The molecule has 0 bridgehead atoms. The fourth-order valence-corrected chi connectivity index (χ4v) is 2.83. The quantitative estimate of drug-likeness (QED) is 0.605. The van der Waals surface area contributed by atoms with Gasteiger partial charge in [-0.15, -0.1) is 0 Å². The van der Waals surface area contributed by atoms with Crippen LogP contribution < -0.4 is 5.32 Å². The van der Waals surface area contributed by atoms with Gasteiger partial charge in [0.05, 0.1) is 37.0 Å². The number of carbonyl (C=O) groups excluding carboxylic acids is 4. The molecule has 28 heavy (non-hydrogen) atoms. The number of esters is 1.